The fourth-order valence-electron chi connectivity index (χ4n) is 3.73. The molecule has 1 heterocycles. The summed E-state index contributed by atoms with van der Waals surface area (Å²) < 4.78 is 26.9. The van der Waals surface area contributed by atoms with Crippen LogP contribution in [0.1, 0.15) is 19.3 Å². The second-order valence-electron chi connectivity index (χ2n) is 7.82. The number of halogens is 2. The summed E-state index contributed by atoms with van der Waals surface area (Å²) in [6.45, 7) is 0. The van der Waals surface area contributed by atoms with Crippen LogP contribution in [-0.2, 0) is 9.59 Å². The number of rotatable bonds is 5. The van der Waals surface area contributed by atoms with Gasteiger partial charge in [0.25, 0.3) is 0 Å². The van der Waals surface area contributed by atoms with Crippen molar-refractivity contribution in [2.24, 2.45) is 4.99 Å². The van der Waals surface area contributed by atoms with Crippen LogP contribution in [0.5, 0.6) is 0 Å². The van der Waals surface area contributed by atoms with Gasteiger partial charge in [-0.05, 0) is 36.4 Å². The van der Waals surface area contributed by atoms with Gasteiger partial charge in [0.2, 0.25) is 11.8 Å². The van der Waals surface area contributed by atoms with Crippen molar-refractivity contribution in [3.63, 3.8) is 0 Å². The smallest absolute Gasteiger partial charge is 0.242 e. The van der Waals surface area contributed by atoms with Gasteiger partial charge in [0.15, 0.2) is 5.17 Å². The highest BCUT2D eigenvalue weighted by Crippen LogP contribution is 2.40. The van der Waals surface area contributed by atoms with E-state index in [1.165, 1.54) is 11.8 Å². The molecule has 3 aromatic rings. The molecule has 0 radical (unpaired) electrons. The van der Waals surface area contributed by atoms with Gasteiger partial charge in [0, 0.05) is 23.9 Å². The average Bonchev–Trinajstić information content (AvgIpc) is 3.56. The molecule has 0 bridgehead atoms. The molecule has 5 rings (SSSR count). The molecule has 1 saturated heterocycles. The molecule has 1 atom stereocenters. The molecule has 1 saturated carbocycles. The van der Waals surface area contributed by atoms with Crippen molar-refractivity contribution in [2.75, 3.05) is 5.32 Å². The van der Waals surface area contributed by atoms with E-state index in [4.69, 9.17) is 4.99 Å². The Balaban J connectivity index is 1.38. The molecule has 3 aromatic carbocycles. The molecular formula is C24H19F2N3O2S. The van der Waals surface area contributed by atoms with E-state index in [9.17, 15) is 18.4 Å². The Hall–Kier alpha value is -3.26. The SMILES string of the molecule is O=C(CC1SC(=Nc2cccc3ccccc23)N(C2CC2)C1=O)Nc1ccc(F)cc1F. The predicted molar refractivity (Wildman–Crippen MR) is 122 cm³/mol. The number of hydrogen-bond acceptors (Lipinski definition) is 4. The molecule has 162 valence electrons. The lowest BCUT2D eigenvalue weighted by Gasteiger charge is -2.15. The Labute approximate surface area is 187 Å². The van der Waals surface area contributed by atoms with Crippen molar-refractivity contribution in [1.29, 1.82) is 0 Å². The highest BCUT2D eigenvalue weighted by atomic mass is 32.2. The third-order valence-corrected chi connectivity index (χ3v) is 6.59. The van der Waals surface area contributed by atoms with Gasteiger partial charge in [0.1, 0.15) is 16.9 Å². The number of anilines is 1. The standard InChI is InChI=1S/C24H19F2N3O2S/c25-15-8-11-20(18(26)12-15)27-22(30)13-21-23(31)29(16-9-10-16)24(32-21)28-19-7-3-5-14-4-1-2-6-17(14)19/h1-8,11-12,16,21H,9-10,13H2,(H,27,30). The lowest BCUT2D eigenvalue weighted by molar-refractivity contribution is -0.128. The zero-order valence-corrected chi connectivity index (χ0v) is 17.7. The number of thioether (sulfide) groups is 1. The van der Waals surface area contributed by atoms with Crippen LogP contribution in [0.2, 0.25) is 0 Å². The lowest BCUT2D eigenvalue weighted by Crippen LogP contribution is -2.35. The number of amides is 2. The normalized spacial score (nSPS) is 19.7. The maximum Gasteiger partial charge on any atom is 0.242 e. The fourth-order valence-corrected chi connectivity index (χ4v) is 4.94. The third kappa shape index (κ3) is 4.10. The first-order valence-corrected chi connectivity index (χ1v) is 11.2. The third-order valence-electron chi connectivity index (χ3n) is 5.44. The second-order valence-corrected chi connectivity index (χ2v) is 8.98. The van der Waals surface area contributed by atoms with Crippen molar-refractivity contribution < 1.29 is 18.4 Å². The van der Waals surface area contributed by atoms with E-state index in [0.717, 1.165) is 41.4 Å². The van der Waals surface area contributed by atoms with E-state index in [1.807, 2.05) is 42.5 Å². The highest BCUT2D eigenvalue weighted by Gasteiger charge is 2.46. The van der Waals surface area contributed by atoms with E-state index in [0.29, 0.717) is 11.2 Å². The summed E-state index contributed by atoms with van der Waals surface area (Å²) in [7, 11) is 0. The summed E-state index contributed by atoms with van der Waals surface area (Å²) in [6.07, 6.45) is 1.68. The molecule has 5 nitrogen and oxygen atoms in total. The van der Waals surface area contributed by atoms with E-state index in [2.05, 4.69) is 5.32 Å². The van der Waals surface area contributed by atoms with Crippen LogP contribution in [0.4, 0.5) is 20.2 Å². The van der Waals surface area contributed by atoms with Crippen molar-refractivity contribution in [2.45, 2.75) is 30.6 Å². The summed E-state index contributed by atoms with van der Waals surface area (Å²) in [5.74, 6) is -2.26. The molecule has 0 aromatic heterocycles. The monoisotopic (exact) mass is 451 g/mol. The maximum atomic E-state index is 13.9. The molecule has 2 fully saturated rings. The first-order chi connectivity index (χ1) is 15.5. The van der Waals surface area contributed by atoms with E-state index in [1.54, 1.807) is 4.90 Å². The number of aliphatic imine (C=N–C) groups is 1. The summed E-state index contributed by atoms with van der Waals surface area (Å²) in [4.78, 5) is 32.1. The summed E-state index contributed by atoms with van der Waals surface area (Å²) >= 11 is 1.26. The number of carbonyl (C=O) groups is 2. The molecule has 8 heteroatoms. The van der Waals surface area contributed by atoms with E-state index >= 15 is 0 Å². The minimum Gasteiger partial charge on any atom is -0.324 e. The molecule has 2 amide bonds. The molecule has 32 heavy (non-hydrogen) atoms. The van der Waals surface area contributed by atoms with Crippen LogP contribution in [-0.4, -0.2) is 33.2 Å². The van der Waals surface area contributed by atoms with Gasteiger partial charge >= 0.3 is 0 Å². The van der Waals surface area contributed by atoms with Crippen LogP contribution in [0.25, 0.3) is 10.8 Å². The minimum atomic E-state index is -0.860. The van der Waals surface area contributed by atoms with Crippen LogP contribution >= 0.6 is 11.8 Å². The first-order valence-electron chi connectivity index (χ1n) is 10.3. The van der Waals surface area contributed by atoms with Crippen LogP contribution in [0, 0.1) is 11.6 Å². The summed E-state index contributed by atoms with van der Waals surface area (Å²) in [6, 6.07) is 16.8. The van der Waals surface area contributed by atoms with Crippen LogP contribution in [0.15, 0.2) is 65.7 Å². The Morgan fingerprint density at radius 1 is 1.09 bits per heavy atom. The van der Waals surface area contributed by atoms with E-state index in [-0.39, 0.29) is 24.1 Å². The Morgan fingerprint density at radius 2 is 1.88 bits per heavy atom. The Kier molecular flexibility index (Phi) is 5.38. The topological polar surface area (TPSA) is 61.8 Å². The van der Waals surface area contributed by atoms with Crippen LogP contribution in [0.3, 0.4) is 0 Å². The van der Waals surface area contributed by atoms with Crippen molar-refractivity contribution in [3.05, 3.63) is 72.3 Å². The van der Waals surface area contributed by atoms with Crippen molar-refractivity contribution in [3.8, 4) is 0 Å². The molecular weight excluding hydrogens is 432 g/mol. The van der Waals surface area contributed by atoms with Gasteiger partial charge in [-0.15, -0.1) is 0 Å². The predicted octanol–water partition coefficient (Wildman–Crippen LogP) is 5.24. The number of carbonyl (C=O) groups excluding carboxylic acids is 2. The zero-order chi connectivity index (χ0) is 22.2. The molecule has 1 aliphatic heterocycles. The molecule has 1 N–H and O–H groups in total. The van der Waals surface area contributed by atoms with Gasteiger partial charge in [-0.25, -0.2) is 13.8 Å². The highest BCUT2D eigenvalue weighted by molar-refractivity contribution is 8.15. The molecule has 0 spiro atoms. The van der Waals surface area contributed by atoms with Gasteiger partial charge in [-0.1, -0.05) is 48.2 Å². The van der Waals surface area contributed by atoms with Crippen molar-refractivity contribution in [1.82, 2.24) is 4.90 Å². The number of fused-ring (bicyclic) bond motifs is 1. The summed E-state index contributed by atoms with van der Waals surface area (Å²) in [5.41, 5.74) is 0.651. The fraction of sp³-hybridized carbons (Fsp3) is 0.208. The van der Waals surface area contributed by atoms with Crippen LogP contribution < -0.4 is 5.32 Å². The number of nitrogens with zero attached hydrogens (tertiary/aromatic N) is 2. The van der Waals surface area contributed by atoms with Gasteiger partial charge < -0.3 is 5.32 Å². The minimum absolute atomic E-state index is 0.103. The average molecular weight is 451 g/mol. The van der Waals surface area contributed by atoms with E-state index < -0.39 is 22.8 Å². The van der Waals surface area contributed by atoms with Gasteiger partial charge in [-0.2, -0.15) is 0 Å². The maximum absolute atomic E-state index is 13.9. The number of amidine groups is 1. The number of benzene rings is 3. The van der Waals surface area contributed by atoms with Gasteiger partial charge in [0.05, 0.1) is 11.4 Å². The Bertz CT molecular complexity index is 1250. The van der Waals surface area contributed by atoms with Crippen molar-refractivity contribution >= 4 is 50.9 Å². The van der Waals surface area contributed by atoms with Gasteiger partial charge in [-0.3, -0.25) is 14.5 Å². The Morgan fingerprint density at radius 3 is 2.66 bits per heavy atom. The lowest BCUT2D eigenvalue weighted by atomic mass is 10.1. The number of nitrogens with one attached hydrogen (secondary N) is 1. The molecule has 1 aliphatic carbocycles. The molecule has 2 aliphatic rings. The quantitative estimate of drug-likeness (QED) is 0.577. The largest absolute Gasteiger partial charge is 0.324 e. The number of hydrogen-bond donors (Lipinski definition) is 1. The summed E-state index contributed by atoms with van der Waals surface area (Å²) in [5, 5.41) is 4.41. The zero-order valence-electron chi connectivity index (χ0n) is 16.9. The first kappa shape index (κ1) is 20.6. The molecule has 1 unspecified atom stereocenters. The second kappa shape index (κ2) is 8.35.